The summed E-state index contributed by atoms with van der Waals surface area (Å²) in [4.78, 5) is 14.3. The van der Waals surface area contributed by atoms with Gasteiger partial charge in [0.05, 0.1) is 4.92 Å². The third-order valence-electron chi connectivity index (χ3n) is 2.35. The summed E-state index contributed by atoms with van der Waals surface area (Å²) in [5.74, 6) is 0. The summed E-state index contributed by atoms with van der Waals surface area (Å²) < 4.78 is 5.41. The molecule has 18 heavy (non-hydrogen) atoms. The summed E-state index contributed by atoms with van der Waals surface area (Å²) in [7, 11) is 0. The standard InChI is InChI=1S/C12H13N3O3/c1-8(2)5-6-13-12-14-10-7-9(15(16)17)3-4-11(10)18-12/h3-5,7H,6H2,1-2H3,(H,13,14). The van der Waals surface area contributed by atoms with Crippen LogP contribution in [0.15, 0.2) is 34.3 Å². The van der Waals surface area contributed by atoms with Gasteiger partial charge in [-0.3, -0.25) is 10.1 Å². The topological polar surface area (TPSA) is 81.2 Å². The molecule has 0 amide bonds. The lowest BCUT2D eigenvalue weighted by atomic mass is 10.3. The predicted molar refractivity (Wildman–Crippen MR) is 68.6 cm³/mol. The summed E-state index contributed by atoms with van der Waals surface area (Å²) in [6.45, 7) is 4.60. The number of allylic oxidation sites excluding steroid dienone is 1. The third-order valence-corrected chi connectivity index (χ3v) is 2.35. The van der Waals surface area contributed by atoms with Crippen LogP contribution in [-0.4, -0.2) is 16.5 Å². The van der Waals surface area contributed by atoms with Crippen molar-refractivity contribution in [3.8, 4) is 0 Å². The Labute approximate surface area is 103 Å². The lowest BCUT2D eigenvalue weighted by Crippen LogP contribution is -1.98. The number of nitro groups is 1. The van der Waals surface area contributed by atoms with E-state index in [9.17, 15) is 10.1 Å². The highest BCUT2D eigenvalue weighted by molar-refractivity contribution is 5.77. The quantitative estimate of drug-likeness (QED) is 0.510. The number of anilines is 1. The van der Waals surface area contributed by atoms with E-state index >= 15 is 0 Å². The zero-order chi connectivity index (χ0) is 13.1. The molecule has 0 aliphatic heterocycles. The van der Waals surface area contributed by atoms with Crippen molar-refractivity contribution in [1.29, 1.82) is 0 Å². The second-order valence-corrected chi connectivity index (χ2v) is 4.09. The minimum Gasteiger partial charge on any atom is -0.424 e. The van der Waals surface area contributed by atoms with Crippen molar-refractivity contribution in [3.63, 3.8) is 0 Å². The molecular formula is C12H13N3O3. The molecule has 1 N–H and O–H groups in total. The van der Waals surface area contributed by atoms with Crippen LogP contribution in [0.2, 0.25) is 0 Å². The molecule has 0 aliphatic rings. The number of non-ortho nitro benzene ring substituents is 1. The van der Waals surface area contributed by atoms with Crippen molar-refractivity contribution in [2.24, 2.45) is 0 Å². The van der Waals surface area contributed by atoms with Crippen LogP contribution in [0.5, 0.6) is 0 Å². The van der Waals surface area contributed by atoms with Crippen molar-refractivity contribution in [2.75, 3.05) is 11.9 Å². The molecule has 0 spiro atoms. The highest BCUT2D eigenvalue weighted by Crippen LogP contribution is 2.23. The fourth-order valence-corrected chi connectivity index (χ4v) is 1.45. The lowest BCUT2D eigenvalue weighted by molar-refractivity contribution is -0.384. The molecule has 2 rings (SSSR count). The van der Waals surface area contributed by atoms with Gasteiger partial charge in [0.1, 0.15) is 5.52 Å². The maximum atomic E-state index is 10.6. The van der Waals surface area contributed by atoms with Gasteiger partial charge in [-0.1, -0.05) is 11.6 Å². The number of nitro benzene ring substituents is 1. The third kappa shape index (κ3) is 2.65. The summed E-state index contributed by atoms with van der Waals surface area (Å²) >= 11 is 0. The molecule has 0 unspecified atom stereocenters. The van der Waals surface area contributed by atoms with Gasteiger partial charge in [0.2, 0.25) is 0 Å². The minimum absolute atomic E-state index is 0.00616. The van der Waals surface area contributed by atoms with Crippen LogP contribution in [0.3, 0.4) is 0 Å². The van der Waals surface area contributed by atoms with Crippen LogP contribution >= 0.6 is 0 Å². The van der Waals surface area contributed by atoms with E-state index in [1.807, 2.05) is 19.9 Å². The van der Waals surface area contributed by atoms with E-state index in [2.05, 4.69) is 10.3 Å². The summed E-state index contributed by atoms with van der Waals surface area (Å²) in [6, 6.07) is 4.70. The van der Waals surface area contributed by atoms with Crippen LogP contribution in [0.4, 0.5) is 11.7 Å². The van der Waals surface area contributed by atoms with Gasteiger partial charge < -0.3 is 9.73 Å². The molecular weight excluding hydrogens is 234 g/mol. The molecule has 0 fully saturated rings. The Balaban J connectivity index is 2.22. The fraction of sp³-hybridized carbons (Fsp3) is 0.250. The Morgan fingerprint density at radius 3 is 3.00 bits per heavy atom. The Bertz CT molecular complexity index is 612. The first-order chi connectivity index (χ1) is 8.56. The van der Waals surface area contributed by atoms with E-state index in [0.717, 1.165) is 0 Å². The van der Waals surface area contributed by atoms with Gasteiger partial charge in [-0.2, -0.15) is 4.98 Å². The number of nitrogens with one attached hydrogen (secondary N) is 1. The number of hydrogen-bond donors (Lipinski definition) is 1. The number of nitrogens with zero attached hydrogens (tertiary/aromatic N) is 2. The van der Waals surface area contributed by atoms with Crippen LogP contribution in [-0.2, 0) is 0 Å². The average Bonchev–Trinajstić information content (AvgIpc) is 2.69. The van der Waals surface area contributed by atoms with Crippen LogP contribution in [0.1, 0.15) is 13.8 Å². The first-order valence-corrected chi connectivity index (χ1v) is 5.48. The van der Waals surface area contributed by atoms with E-state index in [-0.39, 0.29) is 5.69 Å². The zero-order valence-corrected chi connectivity index (χ0v) is 10.1. The smallest absolute Gasteiger partial charge is 0.295 e. The molecule has 1 aromatic carbocycles. The highest BCUT2D eigenvalue weighted by Gasteiger charge is 2.10. The zero-order valence-electron chi connectivity index (χ0n) is 10.1. The first-order valence-electron chi connectivity index (χ1n) is 5.48. The maximum absolute atomic E-state index is 10.6. The normalized spacial score (nSPS) is 10.3. The van der Waals surface area contributed by atoms with Crippen molar-refractivity contribution >= 4 is 22.8 Å². The molecule has 1 aromatic heterocycles. The van der Waals surface area contributed by atoms with Gasteiger partial charge in [0.25, 0.3) is 11.7 Å². The molecule has 94 valence electrons. The number of aromatic nitrogens is 1. The van der Waals surface area contributed by atoms with E-state index in [1.165, 1.54) is 17.7 Å². The average molecular weight is 247 g/mol. The van der Waals surface area contributed by atoms with Crippen molar-refractivity contribution in [2.45, 2.75) is 13.8 Å². The Morgan fingerprint density at radius 2 is 2.33 bits per heavy atom. The SMILES string of the molecule is CC(C)=CCNc1nc2cc([N+](=O)[O-])ccc2o1. The number of hydrogen-bond acceptors (Lipinski definition) is 5. The van der Waals surface area contributed by atoms with Gasteiger partial charge >= 0.3 is 0 Å². The second kappa shape index (κ2) is 4.87. The number of fused-ring (bicyclic) bond motifs is 1. The number of oxazole rings is 1. The molecule has 0 saturated heterocycles. The molecule has 0 bridgehead atoms. The molecule has 1 heterocycles. The second-order valence-electron chi connectivity index (χ2n) is 4.09. The van der Waals surface area contributed by atoms with Gasteiger partial charge in [-0.15, -0.1) is 0 Å². The van der Waals surface area contributed by atoms with Gasteiger partial charge in [0.15, 0.2) is 5.58 Å². The molecule has 0 aliphatic carbocycles. The van der Waals surface area contributed by atoms with Crippen LogP contribution in [0.25, 0.3) is 11.1 Å². The van der Waals surface area contributed by atoms with Crippen LogP contribution in [0, 0.1) is 10.1 Å². The molecule has 0 atom stereocenters. The van der Waals surface area contributed by atoms with E-state index in [0.29, 0.717) is 23.7 Å². The largest absolute Gasteiger partial charge is 0.424 e. The van der Waals surface area contributed by atoms with E-state index in [4.69, 9.17) is 4.42 Å². The predicted octanol–water partition coefficient (Wildman–Crippen LogP) is 3.11. The maximum Gasteiger partial charge on any atom is 0.295 e. The minimum atomic E-state index is -0.454. The van der Waals surface area contributed by atoms with E-state index in [1.54, 1.807) is 6.07 Å². The van der Waals surface area contributed by atoms with Crippen molar-refractivity contribution < 1.29 is 9.34 Å². The number of benzene rings is 1. The Kier molecular flexibility index (Phi) is 3.27. The Hall–Kier alpha value is -2.37. The van der Waals surface area contributed by atoms with Crippen molar-refractivity contribution in [1.82, 2.24) is 4.98 Å². The molecule has 0 saturated carbocycles. The summed E-state index contributed by atoms with van der Waals surface area (Å²) in [5.41, 5.74) is 2.20. The lowest BCUT2D eigenvalue weighted by Gasteiger charge is -1.95. The fourth-order valence-electron chi connectivity index (χ4n) is 1.45. The monoisotopic (exact) mass is 247 g/mol. The summed E-state index contributed by atoms with van der Waals surface area (Å²) in [6.07, 6.45) is 2.00. The highest BCUT2D eigenvalue weighted by atomic mass is 16.6. The Morgan fingerprint density at radius 1 is 1.56 bits per heavy atom. The first kappa shape index (κ1) is 12.1. The van der Waals surface area contributed by atoms with Gasteiger partial charge in [-0.25, -0.2) is 0 Å². The molecule has 0 radical (unpaired) electrons. The molecule has 6 heteroatoms. The van der Waals surface area contributed by atoms with Crippen LogP contribution < -0.4 is 5.32 Å². The molecule has 6 nitrogen and oxygen atoms in total. The van der Waals surface area contributed by atoms with Gasteiger partial charge in [-0.05, 0) is 19.9 Å². The summed E-state index contributed by atoms with van der Waals surface area (Å²) in [5, 5.41) is 13.6. The van der Waals surface area contributed by atoms with E-state index < -0.39 is 4.92 Å². The molecule has 2 aromatic rings. The van der Waals surface area contributed by atoms with Crippen molar-refractivity contribution in [3.05, 3.63) is 40.0 Å². The van der Waals surface area contributed by atoms with Gasteiger partial charge in [0, 0.05) is 18.7 Å². The number of rotatable bonds is 4.